The number of anilines is 3. The number of hydrogen-bond donors (Lipinski definition) is 3. The summed E-state index contributed by atoms with van der Waals surface area (Å²) < 4.78 is 0. The summed E-state index contributed by atoms with van der Waals surface area (Å²) in [5, 5.41) is 8.71. The first-order valence-electron chi connectivity index (χ1n) is 11.3. The second kappa shape index (κ2) is 11.3. The van der Waals surface area contributed by atoms with Crippen LogP contribution in [0.15, 0.2) is 48.5 Å². The maximum atomic E-state index is 12.7. The average molecular weight is 437 g/mol. The summed E-state index contributed by atoms with van der Waals surface area (Å²) in [7, 11) is 0. The lowest BCUT2D eigenvalue weighted by atomic mass is 10.1. The molecular weight excluding hydrogens is 404 g/mol. The summed E-state index contributed by atoms with van der Waals surface area (Å²) in [6.45, 7) is 5.37. The van der Waals surface area contributed by atoms with E-state index in [1.165, 1.54) is 12.8 Å². The molecule has 2 aromatic carbocycles. The minimum absolute atomic E-state index is 0.0700. The van der Waals surface area contributed by atoms with Crippen molar-refractivity contribution in [1.82, 2.24) is 4.90 Å². The number of carbonyl (C=O) groups excluding carboxylic acids is 3. The molecule has 0 unspecified atom stereocenters. The number of carbonyl (C=O) groups is 3. The third-order valence-corrected chi connectivity index (χ3v) is 5.42. The van der Waals surface area contributed by atoms with Crippen LogP contribution in [0.3, 0.4) is 0 Å². The van der Waals surface area contributed by atoms with Crippen molar-refractivity contribution in [2.45, 2.75) is 39.5 Å². The molecule has 3 N–H and O–H groups in total. The van der Waals surface area contributed by atoms with E-state index in [0.717, 1.165) is 31.6 Å². The predicted molar refractivity (Wildman–Crippen MR) is 128 cm³/mol. The van der Waals surface area contributed by atoms with Gasteiger partial charge in [-0.1, -0.05) is 32.8 Å². The van der Waals surface area contributed by atoms with Gasteiger partial charge in [-0.05, 0) is 55.3 Å². The Morgan fingerprint density at radius 2 is 1.47 bits per heavy atom. The predicted octanol–water partition coefficient (Wildman–Crippen LogP) is 4.35. The lowest BCUT2D eigenvalue weighted by Crippen LogP contribution is -2.31. The fraction of sp³-hybridized carbons (Fsp3) is 0.400. The quantitative estimate of drug-likeness (QED) is 0.602. The average Bonchev–Trinajstić information content (AvgIpc) is 3.07. The molecule has 0 atom stereocenters. The van der Waals surface area contributed by atoms with Crippen molar-refractivity contribution in [3.8, 4) is 0 Å². The van der Waals surface area contributed by atoms with Crippen LogP contribution in [-0.2, 0) is 9.59 Å². The summed E-state index contributed by atoms with van der Waals surface area (Å²) in [5.41, 5.74) is 2.68. The summed E-state index contributed by atoms with van der Waals surface area (Å²) >= 11 is 0. The van der Waals surface area contributed by atoms with Crippen LogP contribution < -0.4 is 16.0 Å². The lowest BCUT2D eigenvalue weighted by molar-refractivity contribution is -0.119. The topological polar surface area (TPSA) is 90.5 Å². The van der Waals surface area contributed by atoms with E-state index in [1.54, 1.807) is 36.4 Å². The van der Waals surface area contributed by atoms with Crippen LogP contribution in [0.1, 0.15) is 49.9 Å². The zero-order chi connectivity index (χ0) is 22.9. The smallest absolute Gasteiger partial charge is 0.253 e. The molecule has 3 amide bonds. The van der Waals surface area contributed by atoms with Crippen LogP contribution in [-0.4, -0.2) is 42.3 Å². The van der Waals surface area contributed by atoms with Gasteiger partial charge in [0.05, 0.1) is 6.54 Å². The Hall–Kier alpha value is -3.35. The van der Waals surface area contributed by atoms with Crippen LogP contribution in [0.5, 0.6) is 0 Å². The van der Waals surface area contributed by atoms with Crippen molar-refractivity contribution in [1.29, 1.82) is 0 Å². The summed E-state index contributed by atoms with van der Waals surface area (Å²) in [5.74, 6) is -0.334. The first kappa shape index (κ1) is 23.3. The van der Waals surface area contributed by atoms with Crippen molar-refractivity contribution in [3.05, 3.63) is 54.1 Å². The Morgan fingerprint density at radius 1 is 0.844 bits per heavy atom. The van der Waals surface area contributed by atoms with E-state index in [2.05, 4.69) is 16.0 Å². The monoisotopic (exact) mass is 436 g/mol. The number of benzene rings is 2. The van der Waals surface area contributed by atoms with Crippen molar-refractivity contribution in [2.75, 3.05) is 35.6 Å². The Bertz CT molecular complexity index is 932. The number of nitrogens with one attached hydrogen (secondary N) is 3. The number of nitrogens with zero attached hydrogens (tertiary/aromatic N) is 1. The Labute approximate surface area is 189 Å². The molecule has 170 valence electrons. The molecule has 1 aliphatic rings. The van der Waals surface area contributed by atoms with Gasteiger partial charge in [0.2, 0.25) is 11.8 Å². The van der Waals surface area contributed by atoms with Gasteiger partial charge in [-0.15, -0.1) is 0 Å². The van der Waals surface area contributed by atoms with E-state index in [4.69, 9.17) is 0 Å². The minimum Gasteiger partial charge on any atom is -0.376 e. The van der Waals surface area contributed by atoms with Crippen molar-refractivity contribution in [2.24, 2.45) is 5.92 Å². The van der Waals surface area contributed by atoms with Crippen molar-refractivity contribution >= 4 is 34.8 Å². The number of likely N-dealkylation sites (tertiary alicyclic amines) is 1. The molecule has 3 rings (SSSR count). The molecule has 1 heterocycles. The fourth-order valence-electron chi connectivity index (χ4n) is 3.54. The third-order valence-electron chi connectivity index (χ3n) is 5.42. The Morgan fingerprint density at radius 3 is 2.09 bits per heavy atom. The number of rotatable bonds is 7. The number of hydrogen-bond acceptors (Lipinski definition) is 4. The first-order chi connectivity index (χ1) is 15.4. The maximum Gasteiger partial charge on any atom is 0.253 e. The van der Waals surface area contributed by atoms with Gasteiger partial charge in [-0.2, -0.15) is 0 Å². The molecule has 0 bridgehead atoms. The molecule has 0 saturated carbocycles. The summed E-state index contributed by atoms with van der Waals surface area (Å²) in [4.78, 5) is 38.8. The van der Waals surface area contributed by atoms with Gasteiger partial charge in [0.15, 0.2) is 0 Å². The molecule has 0 radical (unpaired) electrons. The van der Waals surface area contributed by atoms with E-state index in [0.29, 0.717) is 16.9 Å². The van der Waals surface area contributed by atoms with Crippen LogP contribution in [0.25, 0.3) is 0 Å². The van der Waals surface area contributed by atoms with E-state index in [-0.39, 0.29) is 30.2 Å². The lowest BCUT2D eigenvalue weighted by Gasteiger charge is -2.20. The van der Waals surface area contributed by atoms with Crippen LogP contribution in [0, 0.1) is 5.92 Å². The normalized spacial score (nSPS) is 13.9. The Kier molecular flexibility index (Phi) is 8.25. The van der Waals surface area contributed by atoms with E-state index in [9.17, 15) is 14.4 Å². The van der Waals surface area contributed by atoms with Crippen molar-refractivity contribution in [3.63, 3.8) is 0 Å². The highest BCUT2D eigenvalue weighted by molar-refractivity contribution is 5.96. The molecule has 1 aliphatic heterocycles. The van der Waals surface area contributed by atoms with Gasteiger partial charge in [0, 0.05) is 41.6 Å². The second-order valence-corrected chi connectivity index (χ2v) is 8.41. The first-order valence-corrected chi connectivity index (χ1v) is 11.3. The highest BCUT2D eigenvalue weighted by Gasteiger charge is 2.17. The number of amides is 3. The summed E-state index contributed by atoms with van der Waals surface area (Å²) in [6, 6.07) is 14.3. The van der Waals surface area contributed by atoms with E-state index in [1.807, 2.05) is 30.9 Å². The Balaban J connectivity index is 1.49. The molecule has 7 nitrogen and oxygen atoms in total. The van der Waals surface area contributed by atoms with Crippen LogP contribution in [0.2, 0.25) is 0 Å². The van der Waals surface area contributed by atoms with Gasteiger partial charge >= 0.3 is 0 Å². The minimum atomic E-state index is -0.206. The molecular formula is C25H32N4O3. The molecule has 0 spiro atoms. The molecule has 2 aromatic rings. The fourth-order valence-corrected chi connectivity index (χ4v) is 3.54. The van der Waals surface area contributed by atoms with Gasteiger partial charge in [-0.3, -0.25) is 14.4 Å². The third kappa shape index (κ3) is 6.83. The molecule has 0 aromatic heterocycles. The van der Waals surface area contributed by atoms with Gasteiger partial charge < -0.3 is 20.9 Å². The van der Waals surface area contributed by atoms with Gasteiger partial charge in [0.25, 0.3) is 5.91 Å². The highest BCUT2D eigenvalue weighted by Crippen LogP contribution is 2.17. The maximum absolute atomic E-state index is 12.7. The van der Waals surface area contributed by atoms with E-state index < -0.39 is 0 Å². The van der Waals surface area contributed by atoms with Gasteiger partial charge in [0.1, 0.15) is 0 Å². The van der Waals surface area contributed by atoms with Crippen LogP contribution >= 0.6 is 0 Å². The zero-order valence-corrected chi connectivity index (χ0v) is 18.8. The molecule has 1 saturated heterocycles. The highest BCUT2D eigenvalue weighted by atomic mass is 16.2. The molecule has 1 fully saturated rings. The largest absolute Gasteiger partial charge is 0.376 e. The zero-order valence-electron chi connectivity index (χ0n) is 18.8. The molecule has 0 aliphatic carbocycles. The van der Waals surface area contributed by atoms with Gasteiger partial charge in [-0.25, -0.2) is 0 Å². The second-order valence-electron chi connectivity index (χ2n) is 8.41. The van der Waals surface area contributed by atoms with Crippen LogP contribution in [0.4, 0.5) is 17.1 Å². The standard InChI is InChI=1S/C25H32N4O3/c1-18(2)24(31)28-22-9-7-8-21(16-22)27-23(30)17-26-20-12-10-19(11-13-20)25(32)29-14-5-3-4-6-15-29/h7-13,16,18,26H,3-6,14-15,17H2,1-2H3,(H,27,30)(H,28,31). The molecule has 32 heavy (non-hydrogen) atoms. The summed E-state index contributed by atoms with van der Waals surface area (Å²) in [6.07, 6.45) is 4.50. The van der Waals surface area contributed by atoms with Crippen molar-refractivity contribution < 1.29 is 14.4 Å². The SMILES string of the molecule is CC(C)C(=O)Nc1cccc(NC(=O)CNc2ccc(C(=O)N3CCCCCC3)cc2)c1. The van der Waals surface area contributed by atoms with E-state index >= 15 is 0 Å². The molecule has 7 heteroatoms.